The molecule has 0 amide bonds. The van der Waals surface area contributed by atoms with Crippen LogP contribution in [0.2, 0.25) is 0 Å². The fourth-order valence-corrected chi connectivity index (χ4v) is 1.51. The van der Waals surface area contributed by atoms with Gasteiger partial charge in [-0.15, -0.1) is 5.10 Å². The molecule has 0 bridgehead atoms. The van der Waals surface area contributed by atoms with Crippen LogP contribution in [0.25, 0.3) is 0 Å². The molecule has 1 aromatic heterocycles. The van der Waals surface area contributed by atoms with Crippen LogP contribution in [0.5, 0.6) is 0 Å². The monoisotopic (exact) mass is 242 g/mol. The lowest BCUT2D eigenvalue weighted by atomic mass is 10.2. The Balaban J connectivity index is 2.38. The molecule has 0 aliphatic heterocycles. The van der Waals surface area contributed by atoms with Crippen molar-refractivity contribution in [1.82, 2.24) is 14.8 Å². The smallest absolute Gasteiger partial charge is 0.220 e. The van der Waals surface area contributed by atoms with E-state index in [-0.39, 0.29) is 12.5 Å². The first-order valence-electron chi connectivity index (χ1n) is 4.42. The largest absolute Gasteiger partial charge is 0.368 e. The SMILES string of the molecule is Nc1n[nH]c(=S)n1Cc1ccc(F)cc1F. The zero-order valence-electron chi connectivity index (χ0n) is 8.08. The van der Waals surface area contributed by atoms with Gasteiger partial charge in [0.1, 0.15) is 11.6 Å². The lowest BCUT2D eigenvalue weighted by Crippen LogP contribution is -2.06. The van der Waals surface area contributed by atoms with Crippen LogP contribution in [0.4, 0.5) is 14.7 Å². The van der Waals surface area contributed by atoms with E-state index < -0.39 is 11.6 Å². The third-order valence-electron chi connectivity index (χ3n) is 2.13. The first kappa shape index (κ1) is 10.7. The summed E-state index contributed by atoms with van der Waals surface area (Å²) in [6, 6.07) is 3.34. The van der Waals surface area contributed by atoms with Crippen molar-refractivity contribution in [1.29, 1.82) is 0 Å². The normalized spacial score (nSPS) is 10.6. The minimum atomic E-state index is -0.637. The second-order valence-electron chi connectivity index (χ2n) is 3.21. The van der Waals surface area contributed by atoms with Crippen LogP contribution in [0.1, 0.15) is 5.56 Å². The van der Waals surface area contributed by atoms with Crippen molar-refractivity contribution < 1.29 is 8.78 Å². The van der Waals surface area contributed by atoms with Gasteiger partial charge in [-0.1, -0.05) is 6.07 Å². The van der Waals surface area contributed by atoms with Gasteiger partial charge in [0.05, 0.1) is 6.54 Å². The Morgan fingerprint density at radius 3 is 2.75 bits per heavy atom. The number of hydrogen-bond acceptors (Lipinski definition) is 3. The highest BCUT2D eigenvalue weighted by Gasteiger charge is 2.07. The molecule has 0 atom stereocenters. The third-order valence-corrected chi connectivity index (χ3v) is 2.44. The molecule has 1 heterocycles. The summed E-state index contributed by atoms with van der Waals surface area (Å²) in [5.74, 6) is -1.10. The molecule has 0 aliphatic carbocycles. The van der Waals surface area contributed by atoms with Crippen LogP contribution in [0.3, 0.4) is 0 Å². The number of halogens is 2. The number of aromatic amines is 1. The fourth-order valence-electron chi connectivity index (χ4n) is 1.30. The van der Waals surface area contributed by atoms with Crippen LogP contribution < -0.4 is 5.73 Å². The first-order chi connectivity index (χ1) is 7.58. The predicted molar refractivity (Wildman–Crippen MR) is 57.3 cm³/mol. The summed E-state index contributed by atoms with van der Waals surface area (Å²) >= 11 is 4.91. The van der Waals surface area contributed by atoms with E-state index in [4.69, 9.17) is 18.0 Å². The standard InChI is InChI=1S/C9H8F2N4S/c10-6-2-1-5(7(11)3-6)4-15-8(12)13-14-9(15)16/h1-3H,4H2,(H2,12,13)(H,14,16). The van der Waals surface area contributed by atoms with Crippen LogP contribution in [-0.4, -0.2) is 14.8 Å². The molecular weight excluding hydrogens is 234 g/mol. The summed E-state index contributed by atoms with van der Waals surface area (Å²) in [6.07, 6.45) is 0. The molecule has 0 unspecified atom stereocenters. The van der Waals surface area contributed by atoms with E-state index in [1.807, 2.05) is 0 Å². The molecule has 84 valence electrons. The molecule has 0 aliphatic rings. The van der Waals surface area contributed by atoms with E-state index in [1.54, 1.807) is 0 Å². The molecule has 2 rings (SSSR count). The number of nitrogen functional groups attached to an aromatic ring is 1. The van der Waals surface area contributed by atoms with Gasteiger partial charge >= 0.3 is 0 Å². The molecule has 7 heteroatoms. The lowest BCUT2D eigenvalue weighted by Gasteiger charge is -2.05. The molecule has 2 aromatic rings. The molecule has 4 nitrogen and oxygen atoms in total. The van der Waals surface area contributed by atoms with Gasteiger partial charge in [-0.25, -0.2) is 13.9 Å². The second kappa shape index (κ2) is 4.01. The van der Waals surface area contributed by atoms with E-state index in [9.17, 15) is 8.78 Å². The summed E-state index contributed by atoms with van der Waals surface area (Å²) in [6.45, 7) is 0.118. The van der Waals surface area contributed by atoms with Crippen molar-refractivity contribution in [2.75, 3.05) is 5.73 Å². The van der Waals surface area contributed by atoms with E-state index in [2.05, 4.69) is 10.2 Å². The quantitative estimate of drug-likeness (QED) is 0.790. The van der Waals surface area contributed by atoms with Crippen molar-refractivity contribution in [3.8, 4) is 0 Å². The van der Waals surface area contributed by atoms with E-state index >= 15 is 0 Å². The van der Waals surface area contributed by atoms with Crippen molar-refractivity contribution in [3.63, 3.8) is 0 Å². The number of nitrogens with two attached hydrogens (primary N) is 1. The molecule has 1 aromatic carbocycles. The maximum absolute atomic E-state index is 13.3. The fraction of sp³-hybridized carbons (Fsp3) is 0.111. The highest BCUT2D eigenvalue weighted by Crippen LogP contribution is 2.12. The van der Waals surface area contributed by atoms with Gasteiger partial charge in [-0.2, -0.15) is 0 Å². The summed E-state index contributed by atoms with van der Waals surface area (Å²) in [5, 5.41) is 6.17. The van der Waals surface area contributed by atoms with Crippen molar-refractivity contribution in [2.45, 2.75) is 6.54 Å². The highest BCUT2D eigenvalue weighted by atomic mass is 32.1. The van der Waals surface area contributed by atoms with E-state index in [0.29, 0.717) is 10.3 Å². The number of nitrogens with one attached hydrogen (secondary N) is 1. The molecular formula is C9H8F2N4S. The first-order valence-corrected chi connectivity index (χ1v) is 4.83. The van der Waals surface area contributed by atoms with Crippen molar-refractivity contribution in [2.24, 2.45) is 0 Å². The predicted octanol–water partition coefficient (Wildman–Crippen LogP) is 1.85. The number of nitrogens with zero attached hydrogens (tertiary/aromatic N) is 2. The van der Waals surface area contributed by atoms with Crippen molar-refractivity contribution >= 4 is 18.2 Å². The summed E-state index contributed by atoms with van der Waals surface area (Å²) < 4.78 is 27.7. The summed E-state index contributed by atoms with van der Waals surface area (Å²) in [4.78, 5) is 0. The molecule has 16 heavy (non-hydrogen) atoms. The molecule has 0 fully saturated rings. The van der Waals surface area contributed by atoms with Gasteiger partial charge in [0.2, 0.25) is 5.95 Å². The number of rotatable bonds is 2. The van der Waals surface area contributed by atoms with Crippen molar-refractivity contribution in [3.05, 3.63) is 40.2 Å². The molecule has 0 saturated carbocycles. The number of aromatic nitrogens is 3. The average Bonchev–Trinajstić information content (AvgIpc) is 2.53. The number of H-pyrrole nitrogens is 1. The summed E-state index contributed by atoms with van der Waals surface area (Å²) in [7, 11) is 0. The average molecular weight is 242 g/mol. The Kier molecular flexibility index (Phi) is 2.69. The number of hydrogen-bond donors (Lipinski definition) is 2. The minimum absolute atomic E-state index is 0.118. The Labute approximate surface area is 94.7 Å². The Morgan fingerprint density at radius 2 is 2.19 bits per heavy atom. The van der Waals surface area contributed by atoms with Gasteiger partial charge < -0.3 is 5.73 Å². The van der Waals surface area contributed by atoms with E-state index in [0.717, 1.165) is 6.07 Å². The van der Waals surface area contributed by atoms with Gasteiger partial charge in [-0.05, 0) is 18.3 Å². The number of anilines is 1. The number of benzene rings is 1. The zero-order chi connectivity index (χ0) is 11.7. The van der Waals surface area contributed by atoms with Crippen LogP contribution in [0, 0.1) is 16.4 Å². The Bertz CT molecular complexity index is 575. The zero-order valence-corrected chi connectivity index (χ0v) is 8.89. The second-order valence-corrected chi connectivity index (χ2v) is 3.60. The van der Waals surface area contributed by atoms with Gasteiger partial charge in [0, 0.05) is 11.6 Å². The van der Waals surface area contributed by atoms with Crippen LogP contribution in [-0.2, 0) is 6.54 Å². The van der Waals surface area contributed by atoms with E-state index in [1.165, 1.54) is 16.7 Å². The molecule has 3 N–H and O–H groups in total. The van der Waals surface area contributed by atoms with Gasteiger partial charge in [0.25, 0.3) is 0 Å². The Hall–Kier alpha value is -1.76. The van der Waals surface area contributed by atoms with Gasteiger partial charge in [0.15, 0.2) is 4.77 Å². The maximum atomic E-state index is 13.3. The molecule has 0 saturated heterocycles. The molecule has 0 radical (unpaired) electrons. The Morgan fingerprint density at radius 1 is 1.44 bits per heavy atom. The maximum Gasteiger partial charge on any atom is 0.220 e. The van der Waals surface area contributed by atoms with Crippen LogP contribution >= 0.6 is 12.2 Å². The molecule has 0 spiro atoms. The minimum Gasteiger partial charge on any atom is -0.368 e. The topological polar surface area (TPSA) is 59.6 Å². The lowest BCUT2D eigenvalue weighted by molar-refractivity contribution is 0.566. The van der Waals surface area contributed by atoms with Gasteiger partial charge in [-0.3, -0.25) is 4.57 Å². The van der Waals surface area contributed by atoms with Crippen LogP contribution in [0.15, 0.2) is 18.2 Å². The summed E-state index contributed by atoms with van der Waals surface area (Å²) in [5.41, 5.74) is 5.82. The highest BCUT2D eigenvalue weighted by molar-refractivity contribution is 7.71. The third kappa shape index (κ3) is 1.94.